The Kier molecular flexibility index (Phi) is 3.96. The molecule has 4 heteroatoms. The Labute approximate surface area is 103 Å². The smallest absolute Gasteiger partial charge is 0.227 e. The van der Waals surface area contributed by atoms with Crippen LogP contribution in [0.15, 0.2) is 12.1 Å². The molecule has 1 saturated heterocycles. The fourth-order valence-electron chi connectivity index (χ4n) is 1.99. The van der Waals surface area contributed by atoms with E-state index in [0.717, 1.165) is 37.6 Å². The van der Waals surface area contributed by atoms with Crippen LogP contribution in [-0.2, 0) is 0 Å². The normalized spacial score (nSPS) is 15.9. The molecule has 92 valence electrons. The number of anilines is 2. The summed E-state index contributed by atoms with van der Waals surface area (Å²) in [5.74, 6) is 1.33. The standard InChI is InChI=1S/C13H20N4/c1-2-3-4-7-11-10-12(14)16-13(15-11)17-8-5-6-9-17/h4,7,10H,2-3,5-6,8-9H2,1H3,(H2,14,15,16). The molecular formula is C13H20N4. The van der Waals surface area contributed by atoms with E-state index in [4.69, 9.17) is 5.73 Å². The molecule has 17 heavy (non-hydrogen) atoms. The zero-order valence-electron chi connectivity index (χ0n) is 10.4. The number of hydrogen-bond acceptors (Lipinski definition) is 4. The largest absolute Gasteiger partial charge is 0.384 e. The summed E-state index contributed by atoms with van der Waals surface area (Å²) in [6.45, 7) is 4.25. The second-order valence-corrected chi connectivity index (χ2v) is 4.40. The van der Waals surface area contributed by atoms with Gasteiger partial charge in [0.1, 0.15) is 5.82 Å². The summed E-state index contributed by atoms with van der Waals surface area (Å²) in [7, 11) is 0. The van der Waals surface area contributed by atoms with E-state index in [1.165, 1.54) is 12.8 Å². The van der Waals surface area contributed by atoms with Crippen LogP contribution in [0, 0.1) is 0 Å². The molecule has 0 spiro atoms. The van der Waals surface area contributed by atoms with Gasteiger partial charge in [-0.05, 0) is 25.3 Å². The van der Waals surface area contributed by atoms with Crippen molar-refractivity contribution in [3.8, 4) is 0 Å². The van der Waals surface area contributed by atoms with E-state index < -0.39 is 0 Å². The molecule has 4 nitrogen and oxygen atoms in total. The minimum absolute atomic E-state index is 0.554. The van der Waals surface area contributed by atoms with Crippen LogP contribution in [0.4, 0.5) is 11.8 Å². The predicted molar refractivity (Wildman–Crippen MR) is 71.8 cm³/mol. The summed E-state index contributed by atoms with van der Waals surface area (Å²) < 4.78 is 0. The highest BCUT2D eigenvalue weighted by molar-refractivity contribution is 5.52. The first kappa shape index (κ1) is 11.9. The van der Waals surface area contributed by atoms with Gasteiger partial charge in [0.25, 0.3) is 0 Å². The van der Waals surface area contributed by atoms with Crippen molar-refractivity contribution in [3.05, 3.63) is 17.8 Å². The van der Waals surface area contributed by atoms with Gasteiger partial charge in [0.05, 0.1) is 5.69 Å². The van der Waals surface area contributed by atoms with Crippen LogP contribution < -0.4 is 10.6 Å². The third-order valence-corrected chi connectivity index (χ3v) is 2.89. The van der Waals surface area contributed by atoms with Crippen LogP contribution in [0.3, 0.4) is 0 Å². The van der Waals surface area contributed by atoms with Crippen LogP contribution in [-0.4, -0.2) is 23.1 Å². The van der Waals surface area contributed by atoms with Crippen molar-refractivity contribution in [3.63, 3.8) is 0 Å². The number of hydrogen-bond donors (Lipinski definition) is 1. The highest BCUT2D eigenvalue weighted by atomic mass is 15.3. The topological polar surface area (TPSA) is 55.0 Å². The monoisotopic (exact) mass is 232 g/mol. The Balaban J connectivity index is 2.16. The maximum absolute atomic E-state index is 5.82. The van der Waals surface area contributed by atoms with Crippen molar-refractivity contribution in [1.82, 2.24) is 9.97 Å². The van der Waals surface area contributed by atoms with Crippen LogP contribution in [0.2, 0.25) is 0 Å². The molecule has 0 radical (unpaired) electrons. The third-order valence-electron chi connectivity index (χ3n) is 2.89. The Morgan fingerprint density at radius 2 is 2.12 bits per heavy atom. The van der Waals surface area contributed by atoms with Crippen molar-refractivity contribution in [2.45, 2.75) is 32.6 Å². The van der Waals surface area contributed by atoms with E-state index >= 15 is 0 Å². The lowest BCUT2D eigenvalue weighted by Crippen LogP contribution is -2.21. The Morgan fingerprint density at radius 3 is 2.82 bits per heavy atom. The number of nitrogen functional groups attached to an aromatic ring is 1. The summed E-state index contributed by atoms with van der Waals surface area (Å²) >= 11 is 0. The highest BCUT2D eigenvalue weighted by Crippen LogP contribution is 2.18. The fourth-order valence-corrected chi connectivity index (χ4v) is 1.99. The summed E-state index contributed by atoms with van der Waals surface area (Å²) in [6, 6.07) is 1.83. The fraction of sp³-hybridized carbons (Fsp3) is 0.538. The van der Waals surface area contributed by atoms with Gasteiger partial charge in [0.2, 0.25) is 5.95 Å². The SMILES string of the molecule is CCCC=Cc1cc(N)nc(N2CCCC2)n1. The van der Waals surface area contributed by atoms with Crippen LogP contribution in [0.25, 0.3) is 6.08 Å². The molecular weight excluding hydrogens is 212 g/mol. The summed E-state index contributed by atoms with van der Waals surface area (Å²) in [5.41, 5.74) is 6.73. The molecule has 1 aliphatic rings. The number of nitrogens with two attached hydrogens (primary N) is 1. The average molecular weight is 232 g/mol. The molecule has 1 aromatic rings. The molecule has 1 aromatic heterocycles. The molecule has 1 aliphatic heterocycles. The summed E-state index contributed by atoms with van der Waals surface area (Å²) in [6.07, 6.45) is 8.83. The predicted octanol–water partition coefficient (Wildman–Crippen LogP) is 2.47. The van der Waals surface area contributed by atoms with Gasteiger partial charge in [0.15, 0.2) is 0 Å². The van der Waals surface area contributed by atoms with Gasteiger partial charge in [-0.25, -0.2) is 4.98 Å². The van der Waals surface area contributed by atoms with Crippen LogP contribution >= 0.6 is 0 Å². The number of nitrogens with zero attached hydrogens (tertiary/aromatic N) is 3. The molecule has 2 N–H and O–H groups in total. The van der Waals surface area contributed by atoms with Crippen molar-refractivity contribution in [2.24, 2.45) is 0 Å². The zero-order valence-corrected chi connectivity index (χ0v) is 10.4. The van der Waals surface area contributed by atoms with Gasteiger partial charge >= 0.3 is 0 Å². The highest BCUT2D eigenvalue weighted by Gasteiger charge is 2.15. The second-order valence-electron chi connectivity index (χ2n) is 4.40. The first-order valence-electron chi connectivity index (χ1n) is 6.35. The Morgan fingerprint density at radius 1 is 1.35 bits per heavy atom. The minimum Gasteiger partial charge on any atom is -0.384 e. The van der Waals surface area contributed by atoms with Gasteiger partial charge in [0, 0.05) is 19.2 Å². The quantitative estimate of drug-likeness (QED) is 0.866. The van der Waals surface area contributed by atoms with Crippen LogP contribution in [0.5, 0.6) is 0 Å². The minimum atomic E-state index is 0.554. The van der Waals surface area contributed by atoms with Crippen molar-refractivity contribution < 1.29 is 0 Å². The molecule has 0 aromatic carbocycles. The van der Waals surface area contributed by atoms with Crippen molar-refractivity contribution in [1.29, 1.82) is 0 Å². The molecule has 0 aliphatic carbocycles. The molecule has 2 rings (SSSR count). The number of allylic oxidation sites excluding steroid dienone is 1. The first-order valence-corrected chi connectivity index (χ1v) is 6.35. The number of aromatic nitrogens is 2. The van der Waals surface area contributed by atoms with Gasteiger partial charge in [-0.3, -0.25) is 0 Å². The second kappa shape index (κ2) is 5.66. The zero-order chi connectivity index (χ0) is 12.1. The van der Waals surface area contributed by atoms with Gasteiger partial charge < -0.3 is 10.6 Å². The summed E-state index contributed by atoms with van der Waals surface area (Å²) in [4.78, 5) is 11.0. The maximum atomic E-state index is 5.82. The van der Waals surface area contributed by atoms with Crippen molar-refractivity contribution >= 4 is 17.8 Å². The van der Waals surface area contributed by atoms with Crippen molar-refractivity contribution in [2.75, 3.05) is 23.7 Å². The van der Waals surface area contributed by atoms with E-state index in [9.17, 15) is 0 Å². The van der Waals surface area contributed by atoms with Gasteiger partial charge in [-0.1, -0.05) is 19.4 Å². The first-order chi connectivity index (χ1) is 8.29. The van der Waals surface area contributed by atoms with Gasteiger partial charge in [-0.15, -0.1) is 0 Å². The van der Waals surface area contributed by atoms with Crippen LogP contribution in [0.1, 0.15) is 38.3 Å². The lowest BCUT2D eigenvalue weighted by atomic mass is 10.3. The number of unbranched alkanes of at least 4 members (excludes halogenated alkanes) is 1. The van der Waals surface area contributed by atoms with Gasteiger partial charge in [-0.2, -0.15) is 4.98 Å². The molecule has 0 atom stereocenters. The van der Waals surface area contributed by atoms with E-state index in [2.05, 4.69) is 27.9 Å². The van der Waals surface area contributed by atoms with E-state index in [-0.39, 0.29) is 0 Å². The lowest BCUT2D eigenvalue weighted by Gasteiger charge is -2.15. The molecule has 2 heterocycles. The molecule has 0 bridgehead atoms. The van der Waals surface area contributed by atoms with E-state index in [0.29, 0.717) is 5.82 Å². The molecule has 1 fully saturated rings. The Hall–Kier alpha value is -1.58. The molecule has 0 amide bonds. The maximum Gasteiger partial charge on any atom is 0.227 e. The summed E-state index contributed by atoms with van der Waals surface area (Å²) in [5, 5.41) is 0. The third kappa shape index (κ3) is 3.19. The van der Waals surface area contributed by atoms with E-state index in [1.54, 1.807) is 0 Å². The Bertz CT molecular complexity index is 394. The molecule has 0 unspecified atom stereocenters. The number of rotatable bonds is 4. The average Bonchev–Trinajstić information content (AvgIpc) is 2.82. The lowest BCUT2D eigenvalue weighted by molar-refractivity contribution is 0.898. The van der Waals surface area contributed by atoms with E-state index in [1.807, 2.05) is 12.1 Å². The molecule has 0 saturated carbocycles.